The Morgan fingerprint density at radius 1 is 1.12 bits per heavy atom. The van der Waals surface area contributed by atoms with Crippen LogP contribution in [0.4, 0.5) is 0 Å². The fourth-order valence-corrected chi connectivity index (χ4v) is 2.38. The standard InChI is InChI=1S/C15H21NO/c1-13(17)15-7-5-14(6-8-15)9-12-16-10-3-2-4-11-16/h5-8H,2-4,9-12H2,1H3. The van der Waals surface area contributed by atoms with E-state index in [0.29, 0.717) is 0 Å². The first-order valence-corrected chi connectivity index (χ1v) is 6.58. The van der Waals surface area contributed by atoms with Crippen molar-refractivity contribution < 1.29 is 4.79 Å². The molecule has 17 heavy (non-hydrogen) atoms. The summed E-state index contributed by atoms with van der Waals surface area (Å²) in [6.07, 6.45) is 5.19. The van der Waals surface area contributed by atoms with Crippen LogP contribution in [0, 0.1) is 0 Å². The summed E-state index contributed by atoms with van der Waals surface area (Å²) >= 11 is 0. The quantitative estimate of drug-likeness (QED) is 0.743. The minimum Gasteiger partial charge on any atom is -0.303 e. The van der Waals surface area contributed by atoms with Gasteiger partial charge in [0, 0.05) is 12.1 Å². The van der Waals surface area contributed by atoms with Gasteiger partial charge in [-0.05, 0) is 44.8 Å². The van der Waals surface area contributed by atoms with Gasteiger partial charge in [0.05, 0.1) is 0 Å². The van der Waals surface area contributed by atoms with E-state index >= 15 is 0 Å². The first kappa shape index (κ1) is 12.3. The van der Waals surface area contributed by atoms with Gasteiger partial charge in [-0.15, -0.1) is 0 Å². The van der Waals surface area contributed by atoms with Crippen molar-refractivity contribution in [1.29, 1.82) is 0 Å². The minimum absolute atomic E-state index is 0.146. The van der Waals surface area contributed by atoms with Crippen LogP contribution < -0.4 is 0 Å². The Labute approximate surface area is 104 Å². The molecule has 0 saturated carbocycles. The molecular formula is C15H21NO. The van der Waals surface area contributed by atoms with E-state index in [1.54, 1.807) is 6.92 Å². The number of carbonyl (C=O) groups is 1. The summed E-state index contributed by atoms with van der Waals surface area (Å²) in [5.74, 6) is 0.146. The van der Waals surface area contributed by atoms with E-state index in [-0.39, 0.29) is 5.78 Å². The van der Waals surface area contributed by atoms with Crippen molar-refractivity contribution in [3.05, 3.63) is 35.4 Å². The fraction of sp³-hybridized carbons (Fsp3) is 0.533. The highest BCUT2D eigenvalue weighted by atomic mass is 16.1. The van der Waals surface area contributed by atoms with E-state index in [0.717, 1.165) is 18.5 Å². The monoisotopic (exact) mass is 231 g/mol. The van der Waals surface area contributed by atoms with E-state index in [1.807, 2.05) is 12.1 Å². The molecule has 2 rings (SSSR count). The predicted octanol–water partition coefficient (Wildman–Crippen LogP) is 2.92. The number of Topliss-reactive ketones (excluding diaryl/α,β-unsaturated/α-hetero) is 1. The molecule has 0 aliphatic carbocycles. The number of rotatable bonds is 4. The molecule has 1 heterocycles. The highest BCUT2D eigenvalue weighted by molar-refractivity contribution is 5.93. The molecule has 1 aliphatic rings. The number of nitrogens with zero attached hydrogens (tertiary/aromatic N) is 1. The van der Waals surface area contributed by atoms with Crippen LogP contribution in [0.25, 0.3) is 0 Å². The van der Waals surface area contributed by atoms with Crippen molar-refractivity contribution in [2.24, 2.45) is 0 Å². The highest BCUT2D eigenvalue weighted by Gasteiger charge is 2.09. The molecule has 2 nitrogen and oxygen atoms in total. The lowest BCUT2D eigenvalue weighted by molar-refractivity contribution is 0.101. The SMILES string of the molecule is CC(=O)c1ccc(CCN2CCCCC2)cc1. The minimum atomic E-state index is 0.146. The lowest BCUT2D eigenvalue weighted by atomic mass is 10.1. The average Bonchev–Trinajstić information content (AvgIpc) is 2.38. The molecule has 0 spiro atoms. The molecule has 0 radical (unpaired) electrons. The second-order valence-electron chi connectivity index (χ2n) is 4.91. The van der Waals surface area contributed by atoms with Crippen molar-refractivity contribution in [2.45, 2.75) is 32.6 Å². The van der Waals surface area contributed by atoms with Gasteiger partial charge in [-0.2, -0.15) is 0 Å². The number of likely N-dealkylation sites (tertiary alicyclic amines) is 1. The van der Waals surface area contributed by atoms with Crippen LogP contribution >= 0.6 is 0 Å². The van der Waals surface area contributed by atoms with E-state index < -0.39 is 0 Å². The third kappa shape index (κ3) is 3.67. The summed E-state index contributed by atoms with van der Waals surface area (Å²) in [6.45, 7) is 5.28. The predicted molar refractivity (Wildman–Crippen MR) is 70.4 cm³/mol. The zero-order valence-electron chi connectivity index (χ0n) is 10.6. The van der Waals surface area contributed by atoms with Gasteiger partial charge in [-0.25, -0.2) is 0 Å². The molecule has 0 amide bonds. The zero-order chi connectivity index (χ0) is 12.1. The normalized spacial score (nSPS) is 17.0. The van der Waals surface area contributed by atoms with Crippen molar-refractivity contribution in [1.82, 2.24) is 4.90 Å². The Morgan fingerprint density at radius 3 is 2.35 bits per heavy atom. The lowest BCUT2D eigenvalue weighted by Gasteiger charge is -2.26. The molecule has 1 fully saturated rings. The largest absolute Gasteiger partial charge is 0.303 e. The molecule has 0 bridgehead atoms. The number of hydrogen-bond acceptors (Lipinski definition) is 2. The second-order valence-corrected chi connectivity index (χ2v) is 4.91. The highest BCUT2D eigenvalue weighted by Crippen LogP contribution is 2.11. The number of carbonyl (C=O) groups excluding carboxylic acids is 1. The van der Waals surface area contributed by atoms with Gasteiger partial charge in [0.25, 0.3) is 0 Å². The third-order valence-corrected chi connectivity index (χ3v) is 3.53. The maximum Gasteiger partial charge on any atom is 0.159 e. The van der Waals surface area contributed by atoms with Crippen LogP contribution in [0.3, 0.4) is 0 Å². The average molecular weight is 231 g/mol. The summed E-state index contributed by atoms with van der Waals surface area (Å²) in [7, 11) is 0. The summed E-state index contributed by atoms with van der Waals surface area (Å²) in [6, 6.07) is 8.04. The first-order chi connectivity index (χ1) is 8.25. The Hall–Kier alpha value is -1.15. The number of benzene rings is 1. The van der Waals surface area contributed by atoms with Crippen molar-refractivity contribution in [3.63, 3.8) is 0 Å². The van der Waals surface area contributed by atoms with Crippen LogP contribution in [0.15, 0.2) is 24.3 Å². The Kier molecular flexibility index (Phi) is 4.32. The fourth-order valence-electron chi connectivity index (χ4n) is 2.38. The third-order valence-electron chi connectivity index (χ3n) is 3.53. The topological polar surface area (TPSA) is 20.3 Å². The van der Waals surface area contributed by atoms with Gasteiger partial charge in [0.2, 0.25) is 0 Å². The molecule has 0 aromatic heterocycles. The molecule has 92 valence electrons. The molecular weight excluding hydrogens is 210 g/mol. The molecule has 1 aliphatic heterocycles. The molecule has 0 N–H and O–H groups in total. The maximum atomic E-state index is 11.2. The molecule has 1 saturated heterocycles. The van der Waals surface area contributed by atoms with Gasteiger partial charge in [0.15, 0.2) is 5.78 Å². The molecule has 0 atom stereocenters. The van der Waals surface area contributed by atoms with Crippen LogP contribution in [0.5, 0.6) is 0 Å². The van der Waals surface area contributed by atoms with Crippen LogP contribution in [0.2, 0.25) is 0 Å². The smallest absolute Gasteiger partial charge is 0.159 e. The van der Waals surface area contributed by atoms with Crippen LogP contribution in [-0.2, 0) is 6.42 Å². The van der Waals surface area contributed by atoms with Gasteiger partial charge in [-0.3, -0.25) is 4.79 Å². The molecule has 2 heteroatoms. The van der Waals surface area contributed by atoms with E-state index in [9.17, 15) is 4.79 Å². The van der Waals surface area contributed by atoms with Crippen LogP contribution in [0.1, 0.15) is 42.1 Å². The van der Waals surface area contributed by atoms with Crippen molar-refractivity contribution in [2.75, 3.05) is 19.6 Å². The summed E-state index contributed by atoms with van der Waals surface area (Å²) < 4.78 is 0. The van der Waals surface area contributed by atoms with E-state index in [2.05, 4.69) is 17.0 Å². The molecule has 0 unspecified atom stereocenters. The molecule has 1 aromatic rings. The first-order valence-electron chi connectivity index (χ1n) is 6.58. The van der Waals surface area contributed by atoms with Crippen molar-refractivity contribution >= 4 is 5.78 Å². The van der Waals surface area contributed by atoms with E-state index in [4.69, 9.17) is 0 Å². The lowest BCUT2D eigenvalue weighted by Crippen LogP contribution is -2.31. The molecule has 1 aromatic carbocycles. The van der Waals surface area contributed by atoms with Gasteiger partial charge < -0.3 is 4.90 Å². The van der Waals surface area contributed by atoms with Gasteiger partial charge in [0.1, 0.15) is 0 Å². The number of ketones is 1. The second kappa shape index (κ2) is 5.97. The zero-order valence-corrected chi connectivity index (χ0v) is 10.6. The van der Waals surface area contributed by atoms with Gasteiger partial charge in [-0.1, -0.05) is 30.7 Å². The Balaban J connectivity index is 1.84. The summed E-state index contributed by atoms with van der Waals surface area (Å²) in [4.78, 5) is 13.7. The Bertz CT molecular complexity index is 363. The number of piperidine rings is 1. The van der Waals surface area contributed by atoms with E-state index in [1.165, 1.54) is 37.9 Å². The number of hydrogen-bond donors (Lipinski definition) is 0. The van der Waals surface area contributed by atoms with Crippen molar-refractivity contribution in [3.8, 4) is 0 Å². The summed E-state index contributed by atoms with van der Waals surface area (Å²) in [5, 5.41) is 0. The van der Waals surface area contributed by atoms with Crippen LogP contribution in [-0.4, -0.2) is 30.3 Å². The maximum absolute atomic E-state index is 11.2. The van der Waals surface area contributed by atoms with Gasteiger partial charge >= 0.3 is 0 Å². The Morgan fingerprint density at radius 2 is 1.76 bits per heavy atom. The summed E-state index contributed by atoms with van der Waals surface area (Å²) in [5.41, 5.74) is 2.15.